The molecule has 0 atom stereocenters. The van der Waals surface area contributed by atoms with Gasteiger partial charge in [-0.1, -0.05) is 11.6 Å². The normalized spacial score (nSPS) is 12.2. The van der Waals surface area contributed by atoms with Crippen molar-refractivity contribution in [1.29, 1.82) is 0 Å². The van der Waals surface area contributed by atoms with Crippen LogP contribution >= 0.6 is 50.2 Å². The highest BCUT2D eigenvalue weighted by atomic mass is 79.9. The van der Waals surface area contributed by atoms with Gasteiger partial charge in [0.1, 0.15) is 4.21 Å². The number of hydrogen-bond acceptors (Lipinski definition) is 4. The number of nitrogens with zero attached hydrogens (tertiary/aromatic N) is 1. The molecule has 0 aliphatic carbocycles. The van der Waals surface area contributed by atoms with Crippen LogP contribution in [-0.4, -0.2) is 19.8 Å². The van der Waals surface area contributed by atoms with Crippen LogP contribution in [0.15, 0.2) is 32.3 Å². The van der Waals surface area contributed by atoms with Crippen molar-refractivity contribution in [2.24, 2.45) is 0 Å². The summed E-state index contributed by atoms with van der Waals surface area (Å²) >= 11 is 11.7. The summed E-state index contributed by atoms with van der Waals surface area (Å²) in [5.74, 6) is 0. The highest BCUT2D eigenvalue weighted by molar-refractivity contribution is 9.11. The molecule has 18 heavy (non-hydrogen) atoms. The summed E-state index contributed by atoms with van der Waals surface area (Å²) in [5.41, 5.74) is 0. The van der Waals surface area contributed by atoms with E-state index >= 15 is 0 Å². The summed E-state index contributed by atoms with van der Waals surface area (Å²) in [4.78, 5) is 0.918. The van der Waals surface area contributed by atoms with Gasteiger partial charge in [-0.3, -0.25) is 0 Å². The fraction of sp³-hybridized carbons (Fsp3) is 0.200. The van der Waals surface area contributed by atoms with Gasteiger partial charge in [-0.2, -0.15) is 4.31 Å². The number of rotatable bonds is 4. The average molecular weight is 387 g/mol. The van der Waals surface area contributed by atoms with Gasteiger partial charge >= 0.3 is 0 Å². The zero-order valence-corrected chi connectivity index (χ0v) is 14.1. The standard InChI is InChI=1S/C10H9BrClNO2S3/c1-13(6-7-2-4-9(12)16-7)18(14,15)10-5-3-8(11)17-10/h2-5H,6H2,1H3. The fourth-order valence-corrected chi connectivity index (χ4v) is 5.92. The number of halogens is 2. The van der Waals surface area contributed by atoms with Crippen molar-refractivity contribution in [3.63, 3.8) is 0 Å². The molecule has 0 aromatic carbocycles. The molecule has 0 aliphatic rings. The molecule has 0 aliphatic heterocycles. The summed E-state index contributed by atoms with van der Waals surface area (Å²) < 4.78 is 27.6. The Hall–Kier alpha value is 0.0800. The summed E-state index contributed by atoms with van der Waals surface area (Å²) in [6.45, 7) is 0.329. The molecule has 0 amide bonds. The zero-order chi connectivity index (χ0) is 13.3. The second-order valence-electron chi connectivity index (χ2n) is 3.53. The van der Waals surface area contributed by atoms with Crippen molar-refractivity contribution in [3.8, 4) is 0 Å². The predicted octanol–water partition coefficient (Wildman–Crippen LogP) is 4.05. The summed E-state index contributed by atoms with van der Waals surface area (Å²) in [6.07, 6.45) is 0. The first kappa shape index (κ1) is 14.5. The van der Waals surface area contributed by atoms with E-state index < -0.39 is 10.0 Å². The minimum atomic E-state index is -3.42. The van der Waals surface area contributed by atoms with Gasteiger partial charge in [-0.15, -0.1) is 22.7 Å². The third-order valence-corrected chi connectivity index (χ3v) is 7.33. The Labute approximate surface area is 127 Å². The number of hydrogen-bond donors (Lipinski definition) is 0. The molecule has 0 fully saturated rings. The van der Waals surface area contributed by atoms with Gasteiger partial charge in [0.15, 0.2) is 0 Å². The maximum Gasteiger partial charge on any atom is 0.252 e. The van der Waals surface area contributed by atoms with Crippen LogP contribution in [0, 0.1) is 0 Å². The van der Waals surface area contributed by atoms with Crippen LogP contribution in [0.2, 0.25) is 4.34 Å². The molecule has 2 aromatic heterocycles. The molecule has 3 nitrogen and oxygen atoms in total. The lowest BCUT2D eigenvalue weighted by Crippen LogP contribution is -2.25. The molecule has 0 radical (unpaired) electrons. The average Bonchev–Trinajstić information content (AvgIpc) is 2.88. The third-order valence-electron chi connectivity index (χ3n) is 2.22. The lowest BCUT2D eigenvalue weighted by atomic mass is 10.5. The van der Waals surface area contributed by atoms with Gasteiger partial charge in [0.2, 0.25) is 0 Å². The van der Waals surface area contributed by atoms with Crippen molar-refractivity contribution in [2.45, 2.75) is 10.8 Å². The molecule has 98 valence electrons. The predicted molar refractivity (Wildman–Crippen MR) is 80.0 cm³/mol. The van der Waals surface area contributed by atoms with Crippen molar-refractivity contribution >= 4 is 60.2 Å². The van der Waals surface area contributed by atoms with Gasteiger partial charge < -0.3 is 0 Å². The fourth-order valence-electron chi connectivity index (χ4n) is 1.33. The maximum atomic E-state index is 12.2. The molecular formula is C10H9BrClNO2S3. The van der Waals surface area contributed by atoms with Crippen molar-refractivity contribution in [2.75, 3.05) is 7.05 Å². The van der Waals surface area contributed by atoms with Crippen molar-refractivity contribution in [3.05, 3.63) is 37.3 Å². The van der Waals surface area contributed by atoms with Crippen molar-refractivity contribution < 1.29 is 8.42 Å². The first-order chi connectivity index (χ1) is 8.39. The van der Waals surface area contributed by atoms with Gasteiger partial charge in [-0.25, -0.2) is 8.42 Å². The minimum Gasteiger partial charge on any atom is -0.206 e. The second-order valence-corrected chi connectivity index (χ2v) is 10.1. The van der Waals surface area contributed by atoms with Gasteiger partial charge in [-0.05, 0) is 40.2 Å². The van der Waals surface area contributed by atoms with Gasteiger partial charge in [0, 0.05) is 18.5 Å². The van der Waals surface area contributed by atoms with E-state index in [1.807, 2.05) is 6.07 Å². The van der Waals surface area contributed by atoms with Gasteiger partial charge in [0.05, 0.1) is 8.12 Å². The van der Waals surface area contributed by atoms with Crippen LogP contribution in [0.4, 0.5) is 0 Å². The lowest BCUT2D eigenvalue weighted by Gasteiger charge is -2.14. The van der Waals surface area contributed by atoms with Crippen LogP contribution in [-0.2, 0) is 16.6 Å². The highest BCUT2D eigenvalue weighted by Crippen LogP contribution is 2.29. The van der Waals surface area contributed by atoms with Crippen LogP contribution in [0.5, 0.6) is 0 Å². The van der Waals surface area contributed by atoms with Crippen LogP contribution in [0.25, 0.3) is 0 Å². The molecule has 0 saturated carbocycles. The van der Waals surface area contributed by atoms with E-state index in [1.165, 1.54) is 27.0 Å². The zero-order valence-electron chi connectivity index (χ0n) is 9.26. The third kappa shape index (κ3) is 3.15. The van der Waals surface area contributed by atoms with E-state index in [-0.39, 0.29) is 0 Å². The SMILES string of the molecule is CN(Cc1ccc(Cl)s1)S(=O)(=O)c1ccc(Br)s1. The first-order valence-electron chi connectivity index (χ1n) is 4.85. The summed E-state index contributed by atoms with van der Waals surface area (Å²) in [6, 6.07) is 6.93. The van der Waals surface area contributed by atoms with Crippen LogP contribution < -0.4 is 0 Å². The topological polar surface area (TPSA) is 37.4 Å². The van der Waals surface area contributed by atoms with E-state index in [0.29, 0.717) is 15.1 Å². The summed E-state index contributed by atoms with van der Waals surface area (Å²) in [7, 11) is -1.86. The van der Waals surface area contributed by atoms with E-state index in [9.17, 15) is 8.42 Å². The molecule has 0 N–H and O–H groups in total. The minimum absolute atomic E-state index is 0.329. The number of sulfonamides is 1. The van der Waals surface area contributed by atoms with Crippen LogP contribution in [0.1, 0.15) is 4.88 Å². The first-order valence-corrected chi connectivity index (χ1v) is 9.10. The lowest BCUT2D eigenvalue weighted by molar-refractivity contribution is 0.471. The van der Waals surface area contributed by atoms with Gasteiger partial charge in [0.25, 0.3) is 10.0 Å². The molecule has 2 aromatic rings. The molecule has 0 spiro atoms. The van der Waals surface area contributed by atoms with Crippen LogP contribution in [0.3, 0.4) is 0 Å². The molecule has 0 bridgehead atoms. The quantitative estimate of drug-likeness (QED) is 0.795. The largest absolute Gasteiger partial charge is 0.252 e. The number of thiophene rings is 2. The monoisotopic (exact) mass is 385 g/mol. The van der Waals surface area contributed by atoms with E-state index in [0.717, 1.165) is 8.66 Å². The highest BCUT2D eigenvalue weighted by Gasteiger charge is 2.23. The van der Waals surface area contributed by atoms with E-state index in [2.05, 4.69) is 15.9 Å². The van der Waals surface area contributed by atoms with E-state index in [1.54, 1.807) is 25.2 Å². The Morgan fingerprint density at radius 2 is 2.00 bits per heavy atom. The maximum absolute atomic E-state index is 12.2. The molecule has 2 rings (SSSR count). The smallest absolute Gasteiger partial charge is 0.206 e. The van der Waals surface area contributed by atoms with E-state index in [4.69, 9.17) is 11.6 Å². The Balaban J connectivity index is 2.20. The molecule has 8 heteroatoms. The Kier molecular flexibility index (Phi) is 4.51. The molecule has 2 heterocycles. The summed E-state index contributed by atoms with van der Waals surface area (Å²) in [5, 5.41) is 0. The molecular weight excluding hydrogens is 378 g/mol. The molecule has 0 unspecified atom stereocenters. The van der Waals surface area contributed by atoms with Crippen molar-refractivity contribution in [1.82, 2.24) is 4.31 Å². The molecule has 0 saturated heterocycles. The Bertz CT molecular complexity index is 650. The Morgan fingerprint density at radius 3 is 2.50 bits per heavy atom. The Morgan fingerprint density at radius 1 is 1.28 bits per heavy atom. The second kappa shape index (κ2) is 5.60.